The highest BCUT2D eigenvalue weighted by molar-refractivity contribution is 7.86. The first-order chi connectivity index (χ1) is 10.2. The topological polar surface area (TPSA) is 91.3 Å². The number of nitrogens with zero attached hydrogens (tertiary/aromatic N) is 1. The van der Waals surface area contributed by atoms with Crippen molar-refractivity contribution in [3.05, 3.63) is 60.2 Å². The molecule has 0 aliphatic carbocycles. The lowest BCUT2D eigenvalue weighted by Gasteiger charge is -2.15. The van der Waals surface area contributed by atoms with E-state index in [1.54, 1.807) is 6.07 Å². The van der Waals surface area contributed by atoms with Gasteiger partial charge in [-0.15, -0.1) is 0 Å². The minimum atomic E-state index is -1.35. The van der Waals surface area contributed by atoms with Crippen molar-refractivity contribution in [1.82, 2.24) is 0 Å². The van der Waals surface area contributed by atoms with Crippen LogP contribution < -0.4 is 10.5 Å². The Labute approximate surface area is 124 Å². The highest BCUT2D eigenvalue weighted by Crippen LogP contribution is 2.29. The van der Waals surface area contributed by atoms with E-state index in [0.717, 1.165) is 5.56 Å². The molecule has 106 valence electrons. The molecule has 21 heavy (non-hydrogen) atoms. The molecular weight excluding hydrogens is 284 g/mol. The summed E-state index contributed by atoms with van der Waals surface area (Å²) >= 11 is 0. The Balaban J connectivity index is 2.21. The lowest BCUT2D eigenvalue weighted by atomic mass is 10.1. The second-order valence-corrected chi connectivity index (χ2v) is 5.84. The van der Waals surface area contributed by atoms with Crippen molar-refractivity contribution >= 4 is 33.9 Å². The maximum absolute atomic E-state index is 12.4. The summed E-state index contributed by atoms with van der Waals surface area (Å²) in [7, 11) is -1.35. The van der Waals surface area contributed by atoms with Crippen LogP contribution in [-0.2, 0) is 15.7 Å². The van der Waals surface area contributed by atoms with Crippen LogP contribution in [-0.4, -0.2) is 16.9 Å². The van der Waals surface area contributed by atoms with Gasteiger partial charge in [0.25, 0.3) is 0 Å². The standard InChI is InChI=1S/C15H14N4OS/c16-21(17)14-13(10-6-2-1-3-7-10)18-11-8-4-5-9-12(11)19-15(14)20/h1-9,14H,(H3,16,17)(H,19,20). The lowest BCUT2D eigenvalue weighted by Crippen LogP contribution is -2.40. The Kier molecular flexibility index (Phi) is 3.64. The third-order valence-corrected chi connectivity index (χ3v) is 4.16. The van der Waals surface area contributed by atoms with Crippen molar-refractivity contribution in [3.8, 4) is 0 Å². The lowest BCUT2D eigenvalue weighted by molar-refractivity contribution is -0.114. The zero-order valence-corrected chi connectivity index (χ0v) is 11.9. The average Bonchev–Trinajstić information content (AvgIpc) is 2.63. The number of rotatable bonds is 2. The van der Waals surface area contributed by atoms with Crippen LogP contribution in [0.3, 0.4) is 0 Å². The van der Waals surface area contributed by atoms with E-state index in [2.05, 4.69) is 10.3 Å². The van der Waals surface area contributed by atoms with Crippen LogP contribution in [0.25, 0.3) is 0 Å². The highest BCUT2D eigenvalue weighted by atomic mass is 32.2. The molecule has 0 radical (unpaired) electrons. The second-order valence-electron chi connectivity index (χ2n) is 4.62. The minimum absolute atomic E-state index is 0.289. The Morgan fingerprint density at radius 3 is 2.48 bits per heavy atom. The number of amides is 1. The fourth-order valence-corrected chi connectivity index (χ4v) is 2.97. The molecule has 2 atom stereocenters. The molecule has 0 spiro atoms. The fraction of sp³-hybridized carbons (Fsp3) is 0.0667. The number of fused-ring (bicyclic) bond motifs is 1. The van der Waals surface area contributed by atoms with Gasteiger partial charge in [-0.25, -0.2) is 4.99 Å². The molecular formula is C15H14N4OS. The molecule has 1 amide bonds. The number of nitrogens with two attached hydrogens (primary N) is 1. The van der Waals surface area contributed by atoms with Crippen LogP contribution in [0.1, 0.15) is 5.56 Å². The summed E-state index contributed by atoms with van der Waals surface area (Å²) in [4.78, 5) is 17.0. The summed E-state index contributed by atoms with van der Waals surface area (Å²) in [5.41, 5.74) is 2.67. The van der Waals surface area contributed by atoms with Gasteiger partial charge in [0.2, 0.25) is 5.91 Å². The van der Waals surface area contributed by atoms with Gasteiger partial charge in [0, 0.05) is 0 Å². The van der Waals surface area contributed by atoms with Gasteiger partial charge in [-0.2, -0.15) is 0 Å². The molecule has 0 bridgehead atoms. The molecule has 0 aromatic heterocycles. The number of hydrogen-bond donors (Lipinski definition) is 3. The van der Waals surface area contributed by atoms with Gasteiger partial charge in [-0.3, -0.25) is 14.7 Å². The Hall–Kier alpha value is -2.31. The number of hydrogen-bond acceptors (Lipinski definition) is 3. The van der Waals surface area contributed by atoms with E-state index in [4.69, 9.17) is 9.92 Å². The summed E-state index contributed by atoms with van der Waals surface area (Å²) in [5, 5.41) is 7.77. The van der Waals surface area contributed by atoms with Gasteiger partial charge >= 0.3 is 0 Å². The van der Waals surface area contributed by atoms with Crippen LogP contribution in [0.15, 0.2) is 59.6 Å². The molecule has 1 aliphatic heterocycles. The quantitative estimate of drug-likeness (QED) is 0.794. The molecule has 6 heteroatoms. The first-order valence-electron chi connectivity index (χ1n) is 6.39. The molecule has 5 nitrogen and oxygen atoms in total. The fourth-order valence-electron chi connectivity index (χ4n) is 2.25. The van der Waals surface area contributed by atoms with Gasteiger partial charge in [-0.05, 0) is 28.6 Å². The summed E-state index contributed by atoms with van der Waals surface area (Å²) in [5.74, 6) is -0.289. The average molecular weight is 298 g/mol. The number of para-hydroxylation sites is 2. The number of aliphatic imine (C=N–C) groups is 1. The van der Waals surface area contributed by atoms with E-state index in [1.807, 2.05) is 48.5 Å². The Bertz CT molecular complexity index is 742. The molecule has 2 unspecified atom stereocenters. The SMILES string of the molecule is N=S(N)C1C(=O)Nc2ccccc2N=C1c1ccccc1. The molecule has 1 aliphatic rings. The van der Waals surface area contributed by atoms with Crippen molar-refractivity contribution in [2.45, 2.75) is 5.25 Å². The van der Waals surface area contributed by atoms with Crippen molar-refractivity contribution in [1.29, 1.82) is 4.78 Å². The summed E-state index contributed by atoms with van der Waals surface area (Å²) < 4.78 is 7.85. The Morgan fingerprint density at radius 1 is 1.10 bits per heavy atom. The highest BCUT2D eigenvalue weighted by Gasteiger charge is 2.31. The number of anilines is 1. The molecule has 0 fully saturated rings. The summed E-state index contributed by atoms with van der Waals surface area (Å²) in [6.07, 6.45) is 0. The van der Waals surface area contributed by atoms with E-state index in [0.29, 0.717) is 17.1 Å². The predicted molar refractivity (Wildman–Crippen MR) is 85.8 cm³/mol. The van der Waals surface area contributed by atoms with Crippen molar-refractivity contribution in [3.63, 3.8) is 0 Å². The van der Waals surface area contributed by atoms with Crippen LogP contribution in [0, 0.1) is 4.78 Å². The van der Waals surface area contributed by atoms with E-state index in [1.165, 1.54) is 0 Å². The smallest absolute Gasteiger partial charge is 0.246 e. The van der Waals surface area contributed by atoms with Gasteiger partial charge < -0.3 is 5.32 Å². The molecule has 2 aromatic rings. The first kappa shape index (κ1) is 13.7. The van der Waals surface area contributed by atoms with Crippen LogP contribution in [0.4, 0.5) is 11.4 Å². The van der Waals surface area contributed by atoms with Crippen molar-refractivity contribution in [2.75, 3.05) is 5.32 Å². The maximum Gasteiger partial charge on any atom is 0.246 e. The number of carbonyl (C=O) groups excluding carboxylic acids is 1. The largest absolute Gasteiger partial charge is 0.323 e. The zero-order chi connectivity index (χ0) is 14.8. The molecule has 2 aromatic carbocycles. The molecule has 0 saturated carbocycles. The monoisotopic (exact) mass is 298 g/mol. The first-order valence-corrected chi connectivity index (χ1v) is 7.74. The number of nitrogens with one attached hydrogen (secondary N) is 2. The van der Waals surface area contributed by atoms with E-state index < -0.39 is 16.1 Å². The van der Waals surface area contributed by atoms with Crippen LogP contribution in [0.5, 0.6) is 0 Å². The Morgan fingerprint density at radius 2 is 1.76 bits per heavy atom. The normalized spacial score (nSPS) is 19.0. The van der Waals surface area contributed by atoms with E-state index in [-0.39, 0.29) is 5.91 Å². The second kappa shape index (κ2) is 5.59. The number of carbonyl (C=O) groups is 1. The van der Waals surface area contributed by atoms with Crippen molar-refractivity contribution < 1.29 is 4.79 Å². The molecule has 4 N–H and O–H groups in total. The van der Waals surface area contributed by atoms with Gasteiger partial charge in [0.15, 0.2) is 5.25 Å². The molecule has 3 rings (SSSR count). The minimum Gasteiger partial charge on any atom is -0.323 e. The number of benzene rings is 2. The van der Waals surface area contributed by atoms with Crippen molar-refractivity contribution in [2.24, 2.45) is 10.1 Å². The molecule has 0 saturated heterocycles. The zero-order valence-electron chi connectivity index (χ0n) is 11.1. The maximum atomic E-state index is 12.4. The van der Waals surface area contributed by atoms with E-state index in [9.17, 15) is 4.79 Å². The summed E-state index contributed by atoms with van der Waals surface area (Å²) in [6, 6.07) is 16.7. The third-order valence-electron chi connectivity index (χ3n) is 3.21. The third kappa shape index (κ3) is 2.63. The molecule has 1 heterocycles. The predicted octanol–water partition coefficient (Wildman–Crippen LogP) is 2.38. The van der Waals surface area contributed by atoms with Crippen LogP contribution in [0.2, 0.25) is 0 Å². The van der Waals surface area contributed by atoms with E-state index >= 15 is 0 Å². The summed E-state index contributed by atoms with van der Waals surface area (Å²) in [6.45, 7) is 0. The van der Waals surface area contributed by atoms with Gasteiger partial charge in [0.05, 0.1) is 17.1 Å². The van der Waals surface area contributed by atoms with Crippen LogP contribution >= 0.6 is 0 Å². The van der Waals surface area contributed by atoms with Gasteiger partial charge in [-0.1, -0.05) is 42.5 Å². The van der Waals surface area contributed by atoms with Gasteiger partial charge in [0.1, 0.15) is 0 Å².